The molecule has 0 radical (unpaired) electrons. The van der Waals surface area contributed by atoms with Crippen LogP contribution < -0.4 is 25.4 Å². The van der Waals surface area contributed by atoms with Crippen molar-refractivity contribution in [3.8, 4) is 11.5 Å². The lowest BCUT2D eigenvalue weighted by atomic mass is 10.2. The summed E-state index contributed by atoms with van der Waals surface area (Å²) < 4.78 is 10.9. The molecular weight excluding hydrogens is 371 g/mol. The average molecular weight is 393 g/mol. The van der Waals surface area contributed by atoms with Crippen LogP contribution in [-0.4, -0.2) is 62.8 Å². The van der Waals surface area contributed by atoms with Crippen molar-refractivity contribution >= 4 is 42.4 Å². The number of nitrogens with zero attached hydrogens (tertiary/aromatic N) is 1. The number of hydrogen-bond donors (Lipinski definition) is 3. The lowest BCUT2D eigenvalue weighted by Gasteiger charge is -2.26. The Kier molecular flexibility index (Phi) is 8.77. The molecule has 0 spiro atoms. The topological polar surface area (TPSA) is 91.9 Å². The highest BCUT2D eigenvalue weighted by Gasteiger charge is 2.16. The van der Waals surface area contributed by atoms with E-state index < -0.39 is 6.03 Å². The highest BCUT2D eigenvalue weighted by Crippen LogP contribution is 2.32. The van der Waals surface area contributed by atoms with Gasteiger partial charge < -0.3 is 20.1 Å². The Bertz CT molecular complexity index is 597. The van der Waals surface area contributed by atoms with Crippen LogP contribution in [0.2, 0.25) is 0 Å². The molecule has 2 aliphatic heterocycles. The Balaban J connectivity index is 0.00000156. The van der Waals surface area contributed by atoms with Crippen LogP contribution in [0.3, 0.4) is 0 Å². The minimum atomic E-state index is -0.554. The maximum atomic E-state index is 11.9. The number of ether oxygens (including phenoxy) is 2. The lowest BCUT2D eigenvalue weighted by Crippen LogP contribution is -2.48. The first-order valence-corrected chi connectivity index (χ1v) is 7.64. The van der Waals surface area contributed by atoms with Crippen molar-refractivity contribution in [3.63, 3.8) is 0 Å². The molecule has 8 nitrogen and oxygen atoms in total. The first-order valence-electron chi connectivity index (χ1n) is 7.64. The second-order valence-corrected chi connectivity index (χ2v) is 5.39. The molecule has 0 bridgehead atoms. The molecule has 3 rings (SSSR count). The van der Waals surface area contributed by atoms with Crippen LogP contribution in [0.4, 0.5) is 10.5 Å². The number of benzene rings is 1. The van der Waals surface area contributed by atoms with Gasteiger partial charge in [0, 0.05) is 37.9 Å². The number of hydrogen-bond acceptors (Lipinski definition) is 6. The number of anilines is 1. The van der Waals surface area contributed by atoms with Crippen LogP contribution in [0, 0.1) is 0 Å². The summed E-state index contributed by atoms with van der Waals surface area (Å²) in [5.74, 6) is 0.917. The molecule has 0 aliphatic carbocycles. The second-order valence-electron chi connectivity index (χ2n) is 5.39. The molecule has 140 valence electrons. The van der Waals surface area contributed by atoms with Crippen molar-refractivity contribution in [3.05, 3.63) is 18.2 Å². The Labute approximate surface area is 158 Å². The number of imide groups is 1. The predicted octanol–water partition coefficient (Wildman–Crippen LogP) is 0.855. The van der Waals surface area contributed by atoms with Gasteiger partial charge in [0.2, 0.25) is 5.91 Å². The molecule has 2 heterocycles. The summed E-state index contributed by atoms with van der Waals surface area (Å²) >= 11 is 0. The third kappa shape index (κ3) is 6.24. The van der Waals surface area contributed by atoms with E-state index in [1.54, 1.807) is 18.2 Å². The summed E-state index contributed by atoms with van der Waals surface area (Å²) in [6, 6.07) is 4.55. The van der Waals surface area contributed by atoms with E-state index in [9.17, 15) is 9.59 Å². The number of nitrogens with one attached hydrogen (secondary N) is 3. The number of halogens is 2. The van der Waals surface area contributed by atoms with E-state index in [0.29, 0.717) is 30.4 Å². The Morgan fingerprint density at radius 1 is 1.08 bits per heavy atom. The lowest BCUT2D eigenvalue weighted by molar-refractivity contribution is -0.121. The van der Waals surface area contributed by atoms with E-state index in [1.165, 1.54) is 0 Å². The number of rotatable bonds is 3. The summed E-state index contributed by atoms with van der Waals surface area (Å²) in [5, 5.41) is 8.17. The van der Waals surface area contributed by atoms with Crippen LogP contribution in [0.5, 0.6) is 11.5 Å². The van der Waals surface area contributed by atoms with Crippen molar-refractivity contribution in [1.29, 1.82) is 0 Å². The highest BCUT2D eigenvalue weighted by molar-refractivity contribution is 6.01. The van der Waals surface area contributed by atoms with Crippen molar-refractivity contribution in [2.75, 3.05) is 51.3 Å². The minimum absolute atomic E-state index is 0. The van der Waals surface area contributed by atoms with E-state index in [1.807, 2.05) is 4.90 Å². The smallest absolute Gasteiger partial charge is 0.325 e. The van der Waals surface area contributed by atoms with Gasteiger partial charge in [-0.2, -0.15) is 0 Å². The Morgan fingerprint density at radius 2 is 1.76 bits per heavy atom. The zero-order valence-electron chi connectivity index (χ0n) is 13.6. The fourth-order valence-corrected chi connectivity index (χ4v) is 2.52. The average Bonchev–Trinajstić information content (AvgIpc) is 2.55. The zero-order valence-corrected chi connectivity index (χ0v) is 15.2. The third-order valence-electron chi connectivity index (χ3n) is 3.63. The van der Waals surface area contributed by atoms with Crippen molar-refractivity contribution in [1.82, 2.24) is 15.5 Å². The maximum absolute atomic E-state index is 11.9. The molecule has 25 heavy (non-hydrogen) atoms. The molecule has 0 aromatic heterocycles. The van der Waals surface area contributed by atoms with E-state index in [-0.39, 0.29) is 37.3 Å². The fourth-order valence-electron chi connectivity index (χ4n) is 2.52. The molecule has 10 heteroatoms. The molecule has 0 unspecified atom stereocenters. The van der Waals surface area contributed by atoms with Gasteiger partial charge in [-0.05, 0) is 12.1 Å². The Morgan fingerprint density at radius 3 is 2.48 bits per heavy atom. The molecule has 0 saturated carbocycles. The molecule has 1 saturated heterocycles. The minimum Gasteiger partial charge on any atom is -0.486 e. The molecule has 3 amide bonds. The van der Waals surface area contributed by atoms with Crippen LogP contribution in [-0.2, 0) is 4.79 Å². The van der Waals surface area contributed by atoms with Gasteiger partial charge in [-0.1, -0.05) is 0 Å². The predicted molar refractivity (Wildman–Crippen MR) is 98.4 cm³/mol. The SMILES string of the molecule is Cl.Cl.O=C(CN1CCNCC1)NC(=O)Nc1ccc2c(c1)OCCO2. The first kappa shape index (κ1) is 21.3. The van der Waals surface area contributed by atoms with Gasteiger partial charge in [-0.3, -0.25) is 15.0 Å². The third-order valence-corrected chi connectivity index (χ3v) is 3.63. The highest BCUT2D eigenvalue weighted by atomic mass is 35.5. The monoisotopic (exact) mass is 392 g/mol. The summed E-state index contributed by atoms with van der Waals surface area (Å²) in [6.45, 7) is 4.53. The molecule has 1 fully saturated rings. The van der Waals surface area contributed by atoms with Crippen molar-refractivity contribution < 1.29 is 19.1 Å². The molecule has 1 aromatic carbocycles. The van der Waals surface area contributed by atoms with Crippen LogP contribution in [0.25, 0.3) is 0 Å². The maximum Gasteiger partial charge on any atom is 0.325 e. The quantitative estimate of drug-likeness (QED) is 0.706. The Hall–Kier alpha value is -1.74. The fraction of sp³-hybridized carbons (Fsp3) is 0.467. The van der Waals surface area contributed by atoms with Crippen molar-refractivity contribution in [2.45, 2.75) is 0 Å². The number of fused-ring (bicyclic) bond motifs is 1. The van der Waals surface area contributed by atoms with Gasteiger partial charge in [0.1, 0.15) is 13.2 Å². The van der Waals surface area contributed by atoms with Crippen LogP contribution in [0.15, 0.2) is 18.2 Å². The standard InChI is InChI=1S/C15H20N4O4.2ClH/c20-14(10-19-5-3-16-4-6-19)18-15(21)17-11-1-2-12-13(9-11)23-8-7-22-12;;/h1-2,9,16H,3-8,10H2,(H2,17,18,20,21);2*1H. The van der Waals surface area contributed by atoms with Gasteiger partial charge in [0.15, 0.2) is 11.5 Å². The number of urea groups is 1. The normalized spacial score (nSPS) is 16.0. The van der Waals surface area contributed by atoms with Gasteiger partial charge >= 0.3 is 6.03 Å². The summed E-state index contributed by atoms with van der Waals surface area (Å²) in [5.41, 5.74) is 0.543. The number of piperazine rings is 1. The molecule has 1 aromatic rings. The number of amides is 3. The summed E-state index contributed by atoms with van der Waals surface area (Å²) in [6.07, 6.45) is 0. The summed E-state index contributed by atoms with van der Waals surface area (Å²) in [7, 11) is 0. The largest absolute Gasteiger partial charge is 0.486 e. The van der Waals surface area contributed by atoms with Gasteiger partial charge in [0.25, 0.3) is 0 Å². The van der Waals surface area contributed by atoms with Crippen molar-refractivity contribution in [2.24, 2.45) is 0 Å². The van der Waals surface area contributed by atoms with E-state index in [2.05, 4.69) is 16.0 Å². The molecular formula is C15H22Cl2N4O4. The van der Waals surface area contributed by atoms with Crippen LogP contribution in [0.1, 0.15) is 0 Å². The zero-order chi connectivity index (χ0) is 16.1. The summed E-state index contributed by atoms with van der Waals surface area (Å²) in [4.78, 5) is 25.8. The van der Waals surface area contributed by atoms with E-state index in [4.69, 9.17) is 9.47 Å². The molecule has 2 aliphatic rings. The number of carbonyl (C=O) groups excluding carboxylic acids is 2. The first-order chi connectivity index (χ1) is 11.2. The van der Waals surface area contributed by atoms with Gasteiger partial charge in [-0.15, -0.1) is 24.8 Å². The van der Waals surface area contributed by atoms with Crippen LogP contribution >= 0.6 is 24.8 Å². The molecule has 3 N–H and O–H groups in total. The number of carbonyl (C=O) groups is 2. The van der Waals surface area contributed by atoms with Gasteiger partial charge in [-0.25, -0.2) is 4.79 Å². The second kappa shape index (κ2) is 10.3. The van der Waals surface area contributed by atoms with E-state index in [0.717, 1.165) is 26.2 Å². The molecule has 0 atom stereocenters. The van der Waals surface area contributed by atoms with E-state index >= 15 is 0 Å². The van der Waals surface area contributed by atoms with Gasteiger partial charge in [0.05, 0.1) is 6.54 Å².